The van der Waals surface area contributed by atoms with Crippen molar-refractivity contribution >= 4 is 23.2 Å². The van der Waals surface area contributed by atoms with Gasteiger partial charge >= 0.3 is 5.69 Å². The van der Waals surface area contributed by atoms with Crippen LogP contribution in [0.25, 0.3) is 0 Å². The third-order valence-corrected chi connectivity index (χ3v) is 6.75. The number of rotatable bonds is 4. The molecule has 0 bridgehead atoms. The van der Waals surface area contributed by atoms with E-state index in [1.165, 1.54) is 10.1 Å². The van der Waals surface area contributed by atoms with Gasteiger partial charge in [-0.1, -0.05) is 0 Å². The smallest absolute Gasteiger partial charge is 0.325 e. The minimum Gasteiger partial charge on any atom is -0.337 e. The van der Waals surface area contributed by atoms with Crippen LogP contribution in [0.3, 0.4) is 0 Å². The first kappa shape index (κ1) is 18.0. The standard InChI is InChI=1S/C19H24N4O3S/c1-13(24)23(10-14-3-8-27-12-14)16-9-19(16)4-6-22(7-5-19)17(25)15-11-21(2)18(26)20-15/h3,8,11-12,16H,4-7,9-10H2,1-2H3,(H,20,26). The molecular formula is C19H24N4O3S. The van der Waals surface area contributed by atoms with E-state index in [-0.39, 0.29) is 29.0 Å². The van der Waals surface area contributed by atoms with E-state index in [0.717, 1.165) is 19.3 Å². The number of nitrogens with zero attached hydrogens (tertiary/aromatic N) is 3. The molecule has 1 unspecified atom stereocenters. The number of piperidine rings is 1. The maximum absolute atomic E-state index is 12.6. The normalized spacial score (nSPS) is 20.7. The Morgan fingerprint density at radius 2 is 2.11 bits per heavy atom. The minimum atomic E-state index is -0.278. The monoisotopic (exact) mass is 388 g/mol. The summed E-state index contributed by atoms with van der Waals surface area (Å²) in [6.07, 6.45) is 4.36. The molecular weight excluding hydrogens is 364 g/mol. The highest BCUT2D eigenvalue weighted by Gasteiger charge is 2.58. The fraction of sp³-hybridized carbons (Fsp3) is 0.526. The fourth-order valence-corrected chi connectivity index (χ4v) is 4.91. The Bertz CT molecular complexity index is 906. The van der Waals surface area contributed by atoms with Gasteiger partial charge in [0, 0.05) is 45.8 Å². The van der Waals surface area contributed by atoms with Gasteiger partial charge in [-0.2, -0.15) is 11.3 Å². The predicted molar refractivity (Wildman–Crippen MR) is 103 cm³/mol. The zero-order chi connectivity index (χ0) is 19.2. The van der Waals surface area contributed by atoms with Gasteiger partial charge in [0.05, 0.1) is 0 Å². The number of aromatic nitrogens is 2. The molecule has 2 aromatic heterocycles. The summed E-state index contributed by atoms with van der Waals surface area (Å²) in [5.41, 5.74) is 1.38. The summed E-state index contributed by atoms with van der Waals surface area (Å²) in [4.78, 5) is 42.8. The Balaban J connectivity index is 1.39. The second-order valence-electron chi connectivity index (χ2n) is 7.74. The third-order valence-electron chi connectivity index (χ3n) is 6.02. The summed E-state index contributed by atoms with van der Waals surface area (Å²) in [6, 6.07) is 2.33. The van der Waals surface area contributed by atoms with Crippen LogP contribution in [0.5, 0.6) is 0 Å². The van der Waals surface area contributed by atoms with Gasteiger partial charge in [-0.15, -0.1) is 0 Å². The average Bonchev–Trinajstić information content (AvgIpc) is 2.98. The molecule has 7 nitrogen and oxygen atoms in total. The van der Waals surface area contributed by atoms with Crippen LogP contribution in [-0.4, -0.2) is 50.3 Å². The van der Waals surface area contributed by atoms with Crippen LogP contribution >= 0.6 is 11.3 Å². The predicted octanol–water partition coefficient (Wildman–Crippen LogP) is 1.82. The molecule has 3 heterocycles. The molecule has 144 valence electrons. The summed E-state index contributed by atoms with van der Waals surface area (Å²) >= 11 is 1.65. The van der Waals surface area contributed by atoms with Crippen LogP contribution in [0.2, 0.25) is 0 Å². The van der Waals surface area contributed by atoms with Crippen molar-refractivity contribution in [3.63, 3.8) is 0 Å². The van der Waals surface area contributed by atoms with Gasteiger partial charge in [0.15, 0.2) is 0 Å². The highest BCUT2D eigenvalue weighted by atomic mass is 32.1. The molecule has 2 amide bonds. The van der Waals surface area contributed by atoms with Gasteiger partial charge in [-0.3, -0.25) is 9.59 Å². The fourth-order valence-electron chi connectivity index (χ4n) is 4.25. The molecule has 1 saturated heterocycles. The quantitative estimate of drug-likeness (QED) is 0.868. The lowest BCUT2D eigenvalue weighted by atomic mass is 9.92. The number of carbonyl (C=O) groups excluding carboxylic acids is 2. The van der Waals surface area contributed by atoms with Crippen LogP contribution in [0.1, 0.15) is 42.2 Å². The highest BCUT2D eigenvalue weighted by Crippen LogP contribution is 2.57. The van der Waals surface area contributed by atoms with Crippen molar-refractivity contribution in [2.45, 2.75) is 38.8 Å². The average molecular weight is 388 g/mol. The number of carbonyl (C=O) groups is 2. The summed E-state index contributed by atoms with van der Waals surface area (Å²) in [6.45, 7) is 3.63. The van der Waals surface area contributed by atoms with Crippen LogP contribution in [0, 0.1) is 5.41 Å². The summed E-state index contributed by atoms with van der Waals surface area (Å²) in [7, 11) is 1.62. The van der Waals surface area contributed by atoms with Gasteiger partial charge in [0.1, 0.15) is 5.69 Å². The molecule has 4 rings (SSSR count). The number of H-pyrrole nitrogens is 1. The Labute approximate surface area is 161 Å². The van der Waals surface area contributed by atoms with Crippen molar-refractivity contribution < 1.29 is 9.59 Å². The highest BCUT2D eigenvalue weighted by molar-refractivity contribution is 7.07. The molecule has 8 heteroatoms. The van der Waals surface area contributed by atoms with Crippen molar-refractivity contribution in [3.8, 4) is 0 Å². The van der Waals surface area contributed by atoms with Crippen molar-refractivity contribution in [2.24, 2.45) is 12.5 Å². The Morgan fingerprint density at radius 1 is 1.37 bits per heavy atom. The van der Waals surface area contributed by atoms with Gasteiger partial charge in [0.2, 0.25) is 5.91 Å². The maximum atomic E-state index is 12.6. The molecule has 0 aromatic carbocycles. The van der Waals surface area contributed by atoms with Gasteiger partial charge in [-0.05, 0) is 47.1 Å². The minimum absolute atomic E-state index is 0.114. The van der Waals surface area contributed by atoms with E-state index in [4.69, 9.17) is 0 Å². The first-order valence-corrected chi connectivity index (χ1v) is 10.2. The van der Waals surface area contributed by atoms with Crippen LogP contribution in [0.15, 0.2) is 27.8 Å². The molecule has 0 radical (unpaired) electrons. The zero-order valence-corrected chi connectivity index (χ0v) is 16.4. The van der Waals surface area contributed by atoms with E-state index < -0.39 is 0 Å². The first-order valence-electron chi connectivity index (χ1n) is 9.23. The van der Waals surface area contributed by atoms with E-state index in [1.54, 1.807) is 31.5 Å². The van der Waals surface area contributed by atoms with Crippen molar-refractivity contribution in [3.05, 3.63) is 44.8 Å². The van der Waals surface area contributed by atoms with Crippen molar-refractivity contribution in [1.82, 2.24) is 19.4 Å². The van der Waals surface area contributed by atoms with Crippen LogP contribution in [0.4, 0.5) is 0 Å². The van der Waals surface area contributed by atoms with Gasteiger partial charge in [-0.25, -0.2) is 4.79 Å². The Morgan fingerprint density at radius 3 is 2.67 bits per heavy atom. The number of hydrogen-bond donors (Lipinski definition) is 1. The molecule has 1 aliphatic heterocycles. The molecule has 2 aromatic rings. The number of amides is 2. The number of imidazole rings is 1. The van der Waals surface area contributed by atoms with E-state index in [9.17, 15) is 14.4 Å². The Hall–Kier alpha value is -2.35. The second-order valence-corrected chi connectivity index (χ2v) is 8.52. The molecule has 1 N–H and O–H groups in total. The van der Waals surface area contributed by atoms with E-state index in [0.29, 0.717) is 25.3 Å². The summed E-state index contributed by atoms with van der Waals surface area (Å²) < 4.78 is 1.38. The summed E-state index contributed by atoms with van der Waals surface area (Å²) in [5.74, 6) is -0.00936. The third kappa shape index (κ3) is 3.34. The lowest BCUT2D eigenvalue weighted by molar-refractivity contribution is -0.130. The van der Waals surface area contributed by atoms with E-state index in [1.807, 2.05) is 15.2 Å². The number of hydrogen-bond acceptors (Lipinski definition) is 4. The Kier molecular flexibility index (Phi) is 4.46. The van der Waals surface area contributed by atoms with Crippen molar-refractivity contribution in [2.75, 3.05) is 13.1 Å². The number of likely N-dealkylation sites (tertiary alicyclic amines) is 1. The lowest BCUT2D eigenvalue weighted by Gasteiger charge is -2.34. The maximum Gasteiger partial charge on any atom is 0.325 e. The molecule has 1 aliphatic carbocycles. The van der Waals surface area contributed by atoms with Gasteiger partial charge in [0.25, 0.3) is 5.91 Å². The summed E-state index contributed by atoms with van der Waals surface area (Å²) in [5, 5.41) is 4.13. The molecule has 2 aliphatic rings. The molecule has 1 atom stereocenters. The van der Waals surface area contributed by atoms with E-state index in [2.05, 4.69) is 16.4 Å². The van der Waals surface area contributed by atoms with E-state index >= 15 is 0 Å². The first-order chi connectivity index (χ1) is 12.9. The number of aryl methyl sites for hydroxylation is 1. The second kappa shape index (κ2) is 6.67. The number of thiophene rings is 1. The largest absolute Gasteiger partial charge is 0.337 e. The number of nitrogens with one attached hydrogen (secondary N) is 1. The van der Waals surface area contributed by atoms with Gasteiger partial charge < -0.3 is 19.4 Å². The molecule has 1 spiro atoms. The SMILES string of the molecule is CC(=O)N(Cc1ccsc1)C1CC12CCN(C(=O)c1cn(C)c(=O)[nH]1)CC2. The topological polar surface area (TPSA) is 78.4 Å². The van der Waals surface area contributed by atoms with Crippen LogP contribution < -0.4 is 5.69 Å². The molecule has 1 saturated carbocycles. The molecule has 27 heavy (non-hydrogen) atoms. The number of aromatic amines is 1. The lowest BCUT2D eigenvalue weighted by Crippen LogP contribution is -2.42. The van der Waals surface area contributed by atoms with Crippen LogP contribution in [-0.2, 0) is 18.4 Å². The molecule has 2 fully saturated rings. The van der Waals surface area contributed by atoms with Crippen molar-refractivity contribution in [1.29, 1.82) is 0 Å². The zero-order valence-electron chi connectivity index (χ0n) is 15.6.